The summed E-state index contributed by atoms with van der Waals surface area (Å²) in [4.78, 5) is 32.4. The Bertz CT molecular complexity index is 3870. The quantitative estimate of drug-likeness (QED) is 0.0132. The Morgan fingerprint density at radius 3 is 1.78 bits per heavy atom. The number of amides is 1. The summed E-state index contributed by atoms with van der Waals surface area (Å²) in [7, 11) is 2.92. The minimum atomic E-state index is -2.22. The van der Waals surface area contributed by atoms with Crippen LogP contribution in [0, 0.1) is 6.92 Å². The van der Waals surface area contributed by atoms with Gasteiger partial charge in [0.15, 0.2) is 11.5 Å². The Morgan fingerprint density at radius 1 is 0.624 bits per heavy atom. The predicted molar refractivity (Wildman–Crippen MR) is 357 cm³/mol. The molecule has 1 amide bonds. The summed E-state index contributed by atoms with van der Waals surface area (Å²) >= 11 is 0. The maximum Gasteiger partial charge on any atom is 0.488 e. The van der Waals surface area contributed by atoms with Gasteiger partial charge in [-0.3, -0.25) is 19.4 Å². The minimum Gasteiger partial charge on any atom is -0.423 e. The zero-order chi connectivity index (χ0) is 60.9. The molecule has 0 saturated carbocycles. The van der Waals surface area contributed by atoms with Crippen molar-refractivity contribution in [2.24, 2.45) is 0 Å². The minimum absolute atomic E-state index is 0.0549. The first kappa shape index (κ1) is 62.0. The summed E-state index contributed by atoms with van der Waals surface area (Å²) in [6.45, 7) is 21.9. The van der Waals surface area contributed by atoms with Gasteiger partial charge in [0.2, 0.25) is 5.91 Å². The average Bonchev–Trinajstić information content (AvgIpc) is 1.95. The van der Waals surface area contributed by atoms with Gasteiger partial charge in [-0.2, -0.15) is 0 Å². The number of Topliss-reactive ketones (excluding diaryl/α,β-unsaturated/α-hetero) is 1. The summed E-state index contributed by atoms with van der Waals surface area (Å²) in [5.41, 5.74) is 16.4. The summed E-state index contributed by atoms with van der Waals surface area (Å²) in [6.07, 6.45) is 9.46. The number of allylic oxidation sites excluding steroid dienone is 6. The Morgan fingerprint density at radius 2 is 1.19 bits per heavy atom. The molecular weight excluding hydrogens is 1070 g/mol. The standard InChI is InChI=1S/C71H81B2N5O6Si/c1-47(2)67(79)27-18-19-37-77(43-52-21-12-16-25-65(52)72(81)82)46-64-57-24-15-14-23-56(57)63(45-78(38-20-36-74-71(80)48(3)4)44-53-22-13-17-26-66(53)73(83)84)58-33-30-51(40-62(58)64)50-29-28-49(5)61(39-50)70-59-34-31-54(75(6)7)41-68(59)85(10,11)69-42-55(76(8)9)32-35-60(69)70/h12-17,21-26,28-35,39-42,81-84H,1,3,18-20,27,36-38,43-46H2,2,4-11H3/p+1. The van der Waals surface area contributed by atoms with E-state index in [0.29, 0.717) is 87.1 Å². The zero-order valence-corrected chi connectivity index (χ0v) is 52.1. The number of nitrogens with one attached hydrogen (secondary N) is 1. The molecule has 0 saturated heterocycles. The predicted octanol–water partition coefficient (Wildman–Crippen LogP) is 9.28. The van der Waals surface area contributed by atoms with Crippen LogP contribution in [0.2, 0.25) is 13.1 Å². The van der Waals surface area contributed by atoms with Crippen LogP contribution in [0.25, 0.3) is 38.2 Å². The summed E-state index contributed by atoms with van der Waals surface area (Å²) in [6, 6.07) is 44.3. The van der Waals surface area contributed by atoms with E-state index in [0.717, 1.165) is 61.3 Å². The van der Waals surface area contributed by atoms with Crippen molar-refractivity contribution in [3.63, 3.8) is 0 Å². The van der Waals surface area contributed by atoms with Crippen molar-refractivity contribution in [1.82, 2.24) is 15.1 Å². The highest BCUT2D eigenvalue weighted by Crippen LogP contribution is 2.44. The largest absolute Gasteiger partial charge is 0.488 e. The van der Waals surface area contributed by atoms with Crippen LogP contribution in [-0.4, -0.2) is 122 Å². The number of hydrogen-bond donors (Lipinski definition) is 5. The molecule has 5 N–H and O–H groups in total. The van der Waals surface area contributed by atoms with Crippen molar-refractivity contribution in [2.75, 3.05) is 52.7 Å². The molecule has 1 aliphatic heterocycles. The molecule has 1 aliphatic carbocycles. The van der Waals surface area contributed by atoms with E-state index in [1.807, 2.05) is 36.4 Å². The number of nitrogens with zero attached hydrogens (tertiary/aromatic N) is 4. The van der Waals surface area contributed by atoms with Crippen molar-refractivity contribution in [3.05, 3.63) is 220 Å². The van der Waals surface area contributed by atoms with Crippen molar-refractivity contribution < 1.29 is 34.3 Å². The SMILES string of the molecule is C=C(C)C(=O)CCCCN(Cc1ccccc1B(O)O)Cc1c2ccccc2c(CN(CCCNC(=O)C(=C)C)Cc2ccccc2B(O)O)c2ccc(-c3ccc(C)c(C4=C5C=CC(=[N+](C)C)C=C5[Si](C)(C)c5cc(N(C)C)ccc54)c3)cc12. The van der Waals surface area contributed by atoms with E-state index in [4.69, 9.17) is 0 Å². The molecule has 0 unspecified atom stereocenters. The van der Waals surface area contributed by atoms with Crippen molar-refractivity contribution >= 4 is 88.6 Å². The molecule has 0 bridgehead atoms. The molecule has 9 rings (SSSR count). The summed E-state index contributed by atoms with van der Waals surface area (Å²) in [5, 5.41) is 52.6. The van der Waals surface area contributed by atoms with E-state index >= 15 is 0 Å². The first-order chi connectivity index (χ1) is 40.6. The van der Waals surface area contributed by atoms with Crippen LogP contribution in [0.4, 0.5) is 5.69 Å². The van der Waals surface area contributed by atoms with Crippen molar-refractivity contribution in [2.45, 2.75) is 85.7 Å². The van der Waals surface area contributed by atoms with Crippen LogP contribution in [0.3, 0.4) is 0 Å². The van der Waals surface area contributed by atoms with Crippen molar-refractivity contribution in [1.29, 1.82) is 0 Å². The van der Waals surface area contributed by atoms with Gasteiger partial charge >= 0.3 is 14.2 Å². The van der Waals surface area contributed by atoms with Crippen LogP contribution in [-0.2, 0) is 35.8 Å². The molecule has 11 nitrogen and oxygen atoms in total. The highest BCUT2D eigenvalue weighted by atomic mass is 28.3. The van der Waals surface area contributed by atoms with E-state index < -0.39 is 22.3 Å². The van der Waals surface area contributed by atoms with Gasteiger partial charge in [0.1, 0.15) is 22.2 Å². The van der Waals surface area contributed by atoms with E-state index in [-0.39, 0.29) is 11.7 Å². The lowest BCUT2D eigenvalue weighted by Gasteiger charge is -2.38. The number of ketones is 1. The van der Waals surface area contributed by atoms with E-state index in [1.54, 1.807) is 26.0 Å². The third-order valence-electron chi connectivity index (χ3n) is 17.2. The number of anilines is 1. The molecule has 7 aromatic carbocycles. The van der Waals surface area contributed by atoms with Crippen molar-refractivity contribution in [3.8, 4) is 11.1 Å². The van der Waals surface area contributed by atoms with E-state index in [1.165, 1.54) is 49.6 Å². The van der Waals surface area contributed by atoms with Gasteiger partial charge in [0.05, 0.1) is 0 Å². The molecule has 0 aromatic heterocycles. The number of hydrogen-bond acceptors (Lipinski definition) is 9. The second-order valence-electron chi connectivity index (χ2n) is 24.2. The maximum atomic E-state index is 12.8. The first-order valence-electron chi connectivity index (χ1n) is 29.7. The van der Waals surface area contributed by atoms with Gasteiger partial charge in [-0.15, -0.1) is 0 Å². The van der Waals surface area contributed by atoms with Gasteiger partial charge in [0.25, 0.3) is 0 Å². The van der Waals surface area contributed by atoms with Crippen LogP contribution < -0.4 is 26.3 Å². The Kier molecular flexibility index (Phi) is 19.6. The molecule has 1 heterocycles. The van der Waals surface area contributed by atoms with E-state index in [9.17, 15) is 29.7 Å². The molecule has 0 fully saturated rings. The number of rotatable bonds is 24. The third-order valence-corrected chi connectivity index (χ3v) is 20.7. The van der Waals surface area contributed by atoms with Gasteiger partial charge in [-0.25, -0.2) is 4.58 Å². The lowest BCUT2D eigenvalue weighted by atomic mass is 9.77. The second-order valence-corrected chi connectivity index (χ2v) is 28.5. The number of carbonyl (C=O) groups is 2. The molecule has 7 aromatic rings. The molecule has 0 spiro atoms. The van der Waals surface area contributed by atoms with Crippen LogP contribution in [0.15, 0.2) is 181 Å². The molecule has 0 radical (unpaired) electrons. The molecule has 0 atom stereocenters. The molecule has 85 heavy (non-hydrogen) atoms. The number of unbranched alkanes of at least 4 members (excludes halogenated alkanes) is 1. The normalized spacial score (nSPS) is 13.5. The van der Waals surface area contributed by atoms with Crippen LogP contribution >= 0.6 is 0 Å². The second kappa shape index (κ2) is 26.8. The van der Waals surface area contributed by atoms with Gasteiger partial charge in [-0.1, -0.05) is 129 Å². The molecule has 2 aliphatic rings. The summed E-state index contributed by atoms with van der Waals surface area (Å²) in [5.74, 6) is -0.135. The molecular formula is C71H82B2N5O6Si+. The van der Waals surface area contributed by atoms with E-state index in [2.05, 4.69) is 183 Å². The monoisotopic (exact) mass is 1150 g/mol. The topological polar surface area (TPSA) is 140 Å². The highest BCUT2D eigenvalue weighted by molar-refractivity contribution is 6.98. The number of carbonyl (C=O) groups excluding carboxylic acids is 2. The lowest BCUT2D eigenvalue weighted by molar-refractivity contribution is -0.462. The maximum absolute atomic E-state index is 12.8. The number of benzene rings is 7. The fourth-order valence-electron chi connectivity index (χ4n) is 12.3. The highest BCUT2D eigenvalue weighted by Gasteiger charge is 2.41. The first-order valence-corrected chi connectivity index (χ1v) is 32.7. The molecule has 436 valence electrons. The fourth-order valence-corrected chi connectivity index (χ4v) is 15.4. The smallest absolute Gasteiger partial charge is 0.423 e. The fraction of sp³-hybridized carbons (Fsp3) is 0.282. The van der Waals surface area contributed by atoms with Crippen LogP contribution in [0.5, 0.6) is 0 Å². The Hall–Kier alpha value is -7.52. The lowest BCUT2D eigenvalue weighted by Crippen LogP contribution is -2.49. The molecule has 14 heteroatoms. The Labute approximate surface area is 504 Å². The van der Waals surface area contributed by atoms with Gasteiger partial charge in [0, 0.05) is 83.2 Å². The number of fused-ring (bicyclic) bond motifs is 4. The van der Waals surface area contributed by atoms with Crippen LogP contribution in [0.1, 0.15) is 78.5 Å². The Balaban J connectivity index is 1.24. The summed E-state index contributed by atoms with van der Waals surface area (Å²) < 4.78 is 2.20. The zero-order valence-electron chi connectivity index (χ0n) is 51.1. The number of aryl methyl sites for hydroxylation is 1. The average molecular weight is 1150 g/mol. The van der Waals surface area contributed by atoms with Gasteiger partial charge in [-0.05, 0) is 187 Å². The third kappa shape index (κ3) is 13.8. The van der Waals surface area contributed by atoms with Gasteiger partial charge < -0.3 is 30.3 Å².